The van der Waals surface area contributed by atoms with Crippen LogP contribution in [0, 0.1) is 16.4 Å². The first-order valence-electron chi connectivity index (χ1n) is 7.24. The predicted octanol–water partition coefficient (Wildman–Crippen LogP) is 4.90. The summed E-state index contributed by atoms with van der Waals surface area (Å²) in [6, 6.07) is 6.07. The molecule has 2 rings (SSSR count). The lowest BCUT2D eigenvalue weighted by Gasteiger charge is -2.20. The van der Waals surface area contributed by atoms with E-state index < -0.39 is 0 Å². The van der Waals surface area contributed by atoms with Gasteiger partial charge < -0.3 is 5.32 Å². The zero-order valence-electron chi connectivity index (χ0n) is 11.5. The molecule has 1 aromatic rings. The van der Waals surface area contributed by atoms with E-state index in [0.717, 1.165) is 18.5 Å². The third-order valence-corrected chi connectivity index (χ3v) is 5.17. The molecule has 1 fully saturated rings. The van der Waals surface area contributed by atoms with Gasteiger partial charge in [0.15, 0.2) is 0 Å². The van der Waals surface area contributed by atoms with Crippen LogP contribution in [0.1, 0.15) is 50.5 Å². The molecule has 0 aromatic heterocycles. The van der Waals surface area contributed by atoms with E-state index in [2.05, 4.69) is 40.9 Å². The fourth-order valence-electron chi connectivity index (χ4n) is 2.70. The molecule has 0 spiro atoms. The van der Waals surface area contributed by atoms with Crippen molar-refractivity contribution < 1.29 is 4.79 Å². The molecule has 1 aromatic carbocycles. The molecule has 0 bridgehead atoms. The lowest BCUT2D eigenvalue weighted by atomic mass is 9.90. The van der Waals surface area contributed by atoms with E-state index in [9.17, 15) is 4.79 Å². The van der Waals surface area contributed by atoms with Gasteiger partial charge in [-0.2, -0.15) is 0 Å². The third kappa shape index (κ3) is 4.20. The van der Waals surface area contributed by atoms with E-state index >= 15 is 0 Å². The summed E-state index contributed by atoms with van der Waals surface area (Å²) in [5, 5.41) is 3.13. The number of amides is 1. The molecule has 19 heavy (non-hydrogen) atoms. The average Bonchev–Trinajstić information content (AvgIpc) is 2.34. The Hall–Kier alpha value is -0.580. The molecule has 1 saturated carbocycles. The van der Waals surface area contributed by atoms with Crippen LogP contribution in [0.25, 0.3) is 0 Å². The minimum absolute atomic E-state index is 0.206. The quantitative estimate of drug-likeness (QED) is 0.737. The normalized spacial score (nSPS) is 17.6. The minimum atomic E-state index is 0.206. The number of nitrogens with one attached hydrogen (secondary N) is 1. The lowest BCUT2D eigenvalue weighted by Crippen LogP contribution is -2.24. The first kappa shape index (κ1) is 14.8. The van der Waals surface area contributed by atoms with Crippen LogP contribution in [0.5, 0.6) is 0 Å². The standard InChI is InChI=1S/C16H22INO/c1-12-14(17)10-7-11-15(12)18-16(19)13-8-5-3-2-4-6-9-13/h7,10-11,13H,2-6,8-9H2,1H3,(H,18,19). The van der Waals surface area contributed by atoms with Gasteiger partial charge in [0.2, 0.25) is 5.91 Å². The fourth-order valence-corrected chi connectivity index (χ4v) is 3.19. The van der Waals surface area contributed by atoms with Gasteiger partial charge in [0, 0.05) is 15.2 Å². The van der Waals surface area contributed by atoms with Crippen molar-refractivity contribution in [1.82, 2.24) is 0 Å². The summed E-state index contributed by atoms with van der Waals surface area (Å²) in [7, 11) is 0. The summed E-state index contributed by atoms with van der Waals surface area (Å²) in [5.41, 5.74) is 2.14. The Morgan fingerprint density at radius 3 is 2.47 bits per heavy atom. The van der Waals surface area contributed by atoms with Gasteiger partial charge in [-0.15, -0.1) is 0 Å². The number of rotatable bonds is 2. The Balaban J connectivity index is 2.01. The van der Waals surface area contributed by atoms with Crippen molar-refractivity contribution in [3.63, 3.8) is 0 Å². The number of hydrogen-bond acceptors (Lipinski definition) is 1. The highest BCUT2D eigenvalue weighted by Gasteiger charge is 2.19. The molecule has 0 atom stereocenters. The van der Waals surface area contributed by atoms with Crippen LogP contribution in [-0.2, 0) is 4.79 Å². The van der Waals surface area contributed by atoms with Crippen LogP contribution in [0.15, 0.2) is 18.2 Å². The first-order chi connectivity index (χ1) is 9.18. The van der Waals surface area contributed by atoms with Crippen molar-refractivity contribution in [2.45, 2.75) is 51.9 Å². The van der Waals surface area contributed by atoms with Crippen molar-refractivity contribution in [3.8, 4) is 0 Å². The van der Waals surface area contributed by atoms with Crippen molar-refractivity contribution >= 4 is 34.2 Å². The van der Waals surface area contributed by atoms with Crippen LogP contribution in [0.2, 0.25) is 0 Å². The van der Waals surface area contributed by atoms with Gasteiger partial charge in [-0.05, 0) is 60.1 Å². The molecule has 1 amide bonds. The predicted molar refractivity (Wildman–Crippen MR) is 88.3 cm³/mol. The van der Waals surface area contributed by atoms with Crippen LogP contribution in [0.4, 0.5) is 5.69 Å². The Labute approximate surface area is 129 Å². The molecular weight excluding hydrogens is 349 g/mol. The van der Waals surface area contributed by atoms with E-state index in [1.165, 1.54) is 41.2 Å². The number of hydrogen-bond donors (Lipinski definition) is 1. The van der Waals surface area contributed by atoms with Crippen LogP contribution in [-0.4, -0.2) is 5.91 Å². The molecule has 0 radical (unpaired) electrons. The number of anilines is 1. The average molecular weight is 371 g/mol. The number of carbonyl (C=O) groups excluding carboxylic acids is 1. The largest absolute Gasteiger partial charge is 0.326 e. The zero-order chi connectivity index (χ0) is 13.7. The Kier molecular flexibility index (Phi) is 5.67. The van der Waals surface area contributed by atoms with E-state index in [1.54, 1.807) is 0 Å². The summed E-state index contributed by atoms with van der Waals surface area (Å²) in [6.07, 6.45) is 8.40. The highest BCUT2D eigenvalue weighted by molar-refractivity contribution is 14.1. The number of halogens is 1. The molecule has 0 aliphatic heterocycles. The van der Waals surface area contributed by atoms with Gasteiger partial charge in [-0.3, -0.25) is 4.79 Å². The fraction of sp³-hybridized carbons (Fsp3) is 0.562. The van der Waals surface area contributed by atoms with Crippen molar-refractivity contribution in [2.75, 3.05) is 5.32 Å². The zero-order valence-corrected chi connectivity index (χ0v) is 13.7. The molecule has 0 unspecified atom stereocenters. The molecule has 3 heteroatoms. The number of carbonyl (C=O) groups is 1. The van der Waals surface area contributed by atoms with Crippen LogP contribution >= 0.6 is 22.6 Å². The summed E-state index contributed by atoms with van der Waals surface area (Å²) < 4.78 is 1.20. The second-order valence-corrected chi connectivity index (χ2v) is 6.61. The van der Waals surface area contributed by atoms with Crippen LogP contribution < -0.4 is 5.32 Å². The number of benzene rings is 1. The smallest absolute Gasteiger partial charge is 0.227 e. The lowest BCUT2D eigenvalue weighted by molar-refractivity contribution is -0.120. The molecule has 1 aliphatic carbocycles. The molecule has 0 saturated heterocycles. The van der Waals surface area contributed by atoms with E-state index in [4.69, 9.17) is 0 Å². The second kappa shape index (κ2) is 7.27. The van der Waals surface area contributed by atoms with Gasteiger partial charge in [0.05, 0.1) is 0 Å². The minimum Gasteiger partial charge on any atom is -0.326 e. The second-order valence-electron chi connectivity index (χ2n) is 5.44. The maximum atomic E-state index is 12.4. The summed E-state index contributed by atoms with van der Waals surface area (Å²) in [4.78, 5) is 12.4. The van der Waals surface area contributed by atoms with E-state index in [1.807, 2.05) is 12.1 Å². The monoisotopic (exact) mass is 371 g/mol. The van der Waals surface area contributed by atoms with Gasteiger partial charge in [0.25, 0.3) is 0 Å². The van der Waals surface area contributed by atoms with Crippen molar-refractivity contribution in [3.05, 3.63) is 27.3 Å². The SMILES string of the molecule is Cc1c(I)cccc1NC(=O)C1CCCCCCC1. The van der Waals surface area contributed by atoms with E-state index in [0.29, 0.717) is 0 Å². The summed E-state index contributed by atoms with van der Waals surface area (Å²) in [6.45, 7) is 2.06. The Morgan fingerprint density at radius 2 is 1.79 bits per heavy atom. The Morgan fingerprint density at radius 1 is 1.16 bits per heavy atom. The van der Waals surface area contributed by atoms with Gasteiger partial charge in [-0.1, -0.05) is 38.2 Å². The van der Waals surface area contributed by atoms with Crippen molar-refractivity contribution in [2.24, 2.45) is 5.92 Å². The molecule has 0 heterocycles. The van der Waals surface area contributed by atoms with Gasteiger partial charge in [0.1, 0.15) is 0 Å². The summed E-state index contributed by atoms with van der Waals surface area (Å²) >= 11 is 2.31. The summed E-state index contributed by atoms with van der Waals surface area (Å²) in [5.74, 6) is 0.421. The van der Waals surface area contributed by atoms with Gasteiger partial charge in [-0.25, -0.2) is 0 Å². The van der Waals surface area contributed by atoms with Crippen LogP contribution in [0.3, 0.4) is 0 Å². The maximum absolute atomic E-state index is 12.4. The third-order valence-electron chi connectivity index (χ3n) is 4.00. The highest BCUT2D eigenvalue weighted by atomic mass is 127. The molecule has 104 valence electrons. The highest BCUT2D eigenvalue weighted by Crippen LogP contribution is 2.25. The molecule has 2 nitrogen and oxygen atoms in total. The maximum Gasteiger partial charge on any atom is 0.227 e. The molecule has 1 aliphatic rings. The molecular formula is C16H22INO. The first-order valence-corrected chi connectivity index (χ1v) is 8.32. The molecule has 1 N–H and O–H groups in total. The van der Waals surface area contributed by atoms with Crippen molar-refractivity contribution in [1.29, 1.82) is 0 Å². The topological polar surface area (TPSA) is 29.1 Å². The van der Waals surface area contributed by atoms with E-state index in [-0.39, 0.29) is 11.8 Å². The Bertz CT molecular complexity index is 436. The van der Waals surface area contributed by atoms with Gasteiger partial charge >= 0.3 is 0 Å².